The molecule has 0 bridgehead atoms. The van der Waals surface area contributed by atoms with Crippen molar-refractivity contribution in [2.45, 2.75) is 64.5 Å². The number of unbranched alkanes of at least 4 members (excludes halogenated alkanes) is 4. The van der Waals surface area contributed by atoms with Crippen LogP contribution >= 0.6 is 0 Å². The van der Waals surface area contributed by atoms with Crippen molar-refractivity contribution in [3.63, 3.8) is 0 Å². The first kappa shape index (κ1) is 14.9. The highest BCUT2D eigenvalue weighted by molar-refractivity contribution is 4.69. The monoisotopic (exact) mass is 217 g/mol. The molecule has 0 saturated carbocycles. The molecule has 0 amide bonds. The molecule has 0 saturated heterocycles. The minimum atomic E-state index is -0.157. The SMILES string of the molecule is CCCCCCC[C@H](C)NC(CO)CO. The van der Waals surface area contributed by atoms with E-state index in [-0.39, 0.29) is 19.3 Å². The van der Waals surface area contributed by atoms with Crippen molar-refractivity contribution in [2.24, 2.45) is 0 Å². The van der Waals surface area contributed by atoms with E-state index >= 15 is 0 Å². The third-order valence-corrected chi connectivity index (χ3v) is 2.70. The number of rotatable bonds is 10. The van der Waals surface area contributed by atoms with Crippen LogP contribution in [-0.4, -0.2) is 35.5 Å². The van der Waals surface area contributed by atoms with Crippen molar-refractivity contribution in [3.8, 4) is 0 Å². The van der Waals surface area contributed by atoms with E-state index in [1.807, 2.05) is 0 Å². The van der Waals surface area contributed by atoms with Crippen molar-refractivity contribution in [1.82, 2.24) is 5.32 Å². The molecule has 0 aromatic carbocycles. The molecule has 0 aliphatic carbocycles. The Labute approximate surface area is 93.9 Å². The fourth-order valence-corrected chi connectivity index (χ4v) is 1.70. The lowest BCUT2D eigenvalue weighted by Gasteiger charge is -2.19. The lowest BCUT2D eigenvalue weighted by molar-refractivity contribution is 0.162. The average molecular weight is 217 g/mol. The van der Waals surface area contributed by atoms with E-state index in [1.165, 1.54) is 32.1 Å². The van der Waals surface area contributed by atoms with Gasteiger partial charge in [-0.2, -0.15) is 0 Å². The number of hydrogen-bond acceptors (Lipinski definition) is 3. The maximum absolute atomic E-state index is 8.89. The second kappa shape index (κ2) is 10.4. The van der Waals surface area contributed by atoms with Gasteiger partial charge >= 0.3 is 0 Å². The van der Waals surface area contributed by atoms with Crippen LogP contribution < -0.4 is 5.32 Å². The van der Waals surface area contributed by atoms with E-state index in [9.17, 15) is 0 Å². The molecular formula is C12H27NO2. The van der Waals surface area contributed by atoms with Gasteiger partial charge in [-0.3, -0.25) is 0 Å². The van der Waals surface area contributed by atoms with Gasteiger partial charge < -0.3 is 15.5 Å². The highest BCUT2D eigenvalue weighted by Crippen LogP contribution is 2.07. The molecule has 92 valence electrons. The van der Waals surface area contributed by atoms with Crippen molar-refractivity contribution in [3.05, 3.63) is 0 Å². The first-order valence-corrected chi connectivity index (χ1v) is 6.22. The van der Waals surface area contributed by atoms with Crippen LogP contribution in [-0.2, 0) is 0 Å². The van der Waals surface area contributed by atoms with Gasteiger partial charge in [0, 0.05) is 6.04 Å². The van der Waals surface area contributed by atoms with Crippen LogP contribution in [0.15, 0.2) is 0 Å². The summed E-state index contributed by atoms with van der Waals surface area (Å²) in [6.07, 6.45) is 7.59. The lowest BCUT2D eigenvalue weighted by atomic mass is 10.1. The highest BCUT2D eigenvalue weighted by Gasteiger charge is 2.09. The Kier molecular flexibility index (Phi) is 10.3. The van der Waals surface area contributed by atoms with Crippen LogP contribution in [0.2, 0.25) is 0 Å². The summed E-state index contributed by atoms with van der Waals surface area (Å²) in [5.41, 5.74) is 0. The summed E-state index contributed by atoms with van der Waals surface area (Å²) in [5.74, 6) is 0. The van der Waals surface area contributed by atoms with Crippen LogP contribution in [0.5, 0.6) is 0 Å². The Morgan fingerprint density at radius 2 is 1.60 bits per heavy atom. The largest absolute Gasteiger partial charge is 0.395 e. The quantitative estimate of drug-likeness (QED) is 0.488. The first-order valence-electron chi connectivity index (χ1n) is 6.22. The van der Waals surface area contributed by atoms with Crippen molar-refractivity contribution < 1.29 is 10.2 Å². The van der Waals surface area contributed by atoms with Gasteiger partial charge in [0.2, 0.25) is 0 Å². The maximum Gasteiger partial charge on any atom is 0.0607 e. The zero-order chi connectivity index (χ0) is 11.5. The molecule has 0 rings (SSSR count). The summed E-state index contributed by atoms with van der Waals surface area (Å²) in [6.45, 7) is 4.35. The number of aliphatic hydroxyl groups excluding tert-OH is 2. The van der Waals surface area contributed by atoms with Crippen molar-refractivity contribution in [1.29, 1.82) is 0 Å². The van der Waals surface area contributed by atoms with Crippen LogP contribution in [0.3, 0.4) is 0 Å². The van der Waals surface area contributed by atoms with E-state index in [2.05, 4.69) is 19.2 Å². The van der Waals surface area contributed by atoms with Gasteiger partial charge in [0.25, 0.3) is 0 Å². The Morgan fingerprint density at radius 3 is 2.13 bits per heavy atom. The molecule has 1 atom stereocenters. The van der Waals surface area contributed by atoms with Gasteiger partial charge in [-0.15, -0.1) is 0 Å². The Balaban J connectivity index is 3.35. The van der Waals surface area contributed by atoms with Crippen LogP contribution in [0.4, 0.5) is 0 Å². The predicted molar refractivity (Wildman–Crippen MR) is 63.9 cm³/mol. The summed E-state index contributed by atoms with van der Waals surface area (Å²) in [6, 6.07) is 0.228. The fourth-order valence-electron chi connectivity index (χ4n) is 1.70. The Morgan fingerprint density at radius 1 is 1.00 bits per heavy atom. The molecule has 3 nitrogen and oxygen atoms in total. The van der Waals surface area contributed by atoms with E-state index in [4.69, 9.17) is 10.2 Å². The molecule has 3 heteroatoms. The van der Waals surface area contributed by atoms with E-state index in [0.717, 1.165) is 6.42 Å². The summed E-state index contributed by atoms with van der Waals surface area (Å²) >= 11 is 0. The van der Waals surface area contributed by atoms with E-state index < -0.39 is 0 Å². The molecule has 0 aromatic rings. The predicted octanol–water partition coefficient (Wildman–Crippen LogP) is 1.68. The topological polar surface area (TPSA) is 52.5 Å². The lowest BCUT2D eigenvalue weighted by Crippen LogP contribution is -2.41. The van der Waals surface area contributed by atoms with Gasteiger partial charge in [-0.25, -0.2) is 0 Å². The van der Waals surface area contributed by atoms with Crippen molar-refractivity contribution in [2.75, 3.05) is 13.2 Å². The molecule has 0 aliphatic rings. The van der Waals surface area contributed by atoms with Gasteiger partial charge in [0.15, 0.2) is 0 Å². The summed E-state index contributed by atoms with van der Waals surface area (Å²) in [5, 5.41) is 21.0. The summed E-state index contributed by atoms with van der Waals surface area (Å²) in [4.78, 5) is 0. The smallest absolute Gasteiger partial charge is 0.0607 e. The summed E-state index contributed by atoms with van der Waals surface area (Å²) in [7, 11) is 0. The molecule has 0 heterocycles. The molecule has 3 N–H and O–H groups in total. The molecular weight excluding hydrogens is 190 g/mol. The fraction of sp³-hybridized carbons (Fsp3) is 1.00. The minimum Gasteiger partial charge on any atom is -0.395 e. The van der Waals surface area contributed by atoms with Crippen LogP contribution in [0.1, 0.15) is 52.4 Å². The van der Waals surface area contributed by atoms with Gasteiger partial charge in [0.05, 0.1) is 19.3 Å². The minimum absolute atomic E-state index is 0.0106. The third kappa shape index (κ3) is 8.85. The maximum atomic E-state index is 8.89. The second-order valence-electron chi connectivity index (χ2n) is 4.33. The van der Waals surface area contributed by atoms with Gasteiger partial charge in [-0.05, 0) is 13.3 Å². The molecule has 0 spiro atoms. The molecule has 0 fully saturated rings. The second-order valence-corrected chi connectivity index (χ2v) is 4.33. The first-order chi connectivity index (χ1) is 7.24. The number of aliphatic hydroxyl groups is 2. The number of hydrogen-bond donors (Lipinski definition) is 3. The standard InChI is InChI=1S/C12H27NO2/c1-3-4-5-6-7-8-11(2)13-12(9-14)10-15/h11-15H,3-10H2,1-2H3/t11-/m0/s1. The Hall–Kier alpha value is -0.120. The normalized spacial score (nSPS) is 13.4. The number of nitrogens with one attached hydrogen (secondary N) is 1. The highest BCUT2D eigenvalue weighted by atomic mass is 16.3. The molecule has 15 heavy (non-hydrogen) atoms. The third-order valence-electron chi connectivity index (χ3n) is 2.70. The van der Waals surface area contributed by atoms with Gasteiger partial charge in [0.1, 0.15) is 0 Å². The van der Waals surface area contributed by atoms with Crippen molar-refractivity contribution >= 4 is 0 Å². The van der Waals surface area contributed by atoms with Gasteiger partial charge in [-0.1, -0.05) is 39.0 Å². The molecule has 0 aromatic heterocycles. The zero-order valence-corrected chi connectivity index (χ0v) is 10.2. The van der Waals surface area contributed by atoms with Crippen LogP contribution in [0.25, 0.3) is 0 Å². The molecule has 0 aliphatic heterocycles. The van der Waals surface area contributed by atoms with E-state index in [1.54, 1.807) is 0 Å². The average Bonchev–Trinajstić information content (AvgIpc) is 2.25. The summed E-state index contributed by atoms with van der Waals surface area (Å²) < 4.78 is 0. The molecule has 0 radical (unpaired) electrons. The molecule has 0 unspecified atom stereocenters. The Bertz CT molecular complexity index is 127. The van der Waals surface area contributed by atoms with E-state index in [0.29, 0.717) is 6.04 Å². The zero-order valence-electron chi connectivity index (χ0n) is 10.2. The van der Waals surface area contributed by atoms with Crippen LogP contribution in [0, 0.1) is 0 Å².